The molecule has 1 amide bonds. The van der Waals surface area contributed by atoms with Crippen LogP contribution in [0.5, 0.6) is 11.5 Å². The SMILES string of the molecule is COc1ccc(NC(=O)COC(=O)c2cc3c(C)nn(-c4ccc(F)cc4)c3s2)cc1OC. The number of carbonyl (C=O) groups is 2. The van der Waals surface area contributed by atoms with Crippen molar-refractivity contribution >= 4 is 39.1 Å². The van der Waals surface area contributed by atoms with Crippen LogP contribution < -0.4 is 14.8 Å². The third kappa shape index (κ3) is 4.65. The summed E-state index contributed by atoms with van der Waals surface area (Å²) in [4.78, 5) is 25.8. The molecule has 0 atom stereocenters. The molecular formula is C23H20FN3O5S. The van der Waals surface area contributed by atoms with Gasteiger partial charge in [-0.15, -0.1) is 11.3 Å². The Morgan fingerprint density at radius 1 is 1.06 bits per heavy atom. The van der Waals surface area contributed by atoms with E-state index in [2.05, 4.69) is 10.4 Å². The summed E-state index contributed by atoms with van der Waals surface area (Å²) < 4.78 is 30.5. The number of aromatic nitrogens is 2. The molecule has 0 aliphatic carbocycles. The molecule has 33 heavy (non-hydrogen) atoms. The minimum absolute atomic E-state index is 0.334. The molecule has 0 aliphatic heterocycles. The van der Waals surface area contributed by atoms with Crippen LogP contribution in [0.2, 0.25) is 0 Å². The smallest absolute Gasteiger partial charge is 0.348 e. The van der Waals surface area contributed by atoms with Crippen LogP contribution >= 0.6 is 11.3 Å². The lowest BCUT2D eigenvalue weighted by Crippen LogP contribution is -2.20. The largest absolute Gasteiger partial charge is 0.493 e. The first-order valence-electron chi connectivity index (χ1n) is 9.83. The van der Waals surface area contributed by atoms with Crippen molar-refractivity contribution in [2.45, 2.75) is 6.92 Å². The fourth-order valence-electron chi connectivity index (χ4n) is 3.22. The molecule has 170 valence electrons. The van der Waals surface area contributed by atoms with Gasteiger partial charge in [0, 0.05) is 17.1 Å². The molecule has 2 aromatic carbocycles. The Morgan fingerprint density at radius 3 is 2.48 bits per heavy atom. The van der Waals surface area contributed by atoms with Crippen LogP contribution in [0.15, 0.2) is 48.5 Å². The fourth-order valence-corrected chi connectivity index (χ4v) is 4.30. The quantitative estimate of drug-likeness (QED) is 0.405. The van der Waals surface area contributed by atoms with Crippen LogP contribution in [0.3, 0.4) is 0 Å². The van der Waals surface area contributed by atoms with Gasteiger partial charge >= 0.3 is 5.97 Å². The molecule has 10 heteroatoms. The molecule has 2 heterocycles. The molecule has 0 saturated carbocycles. The number of thiophene rings is 1. The first-order valence-corrected chi connectivity index (χ1v) is 10.7. The van der Waals surface area contributed by atoms with E-state index in [1.54, 1.807) is 41.1 Å². The summed E-state index contributed by atoms with van der Waals surface area (Å²) >= 11 is 1.19. The summed E-state index contributed by atoms with van der Waals surface area (Å²) in [5, 5.41) is 7.90. The molecule has 4 aromatic rings. The summed E-state index contributed by atoms with van der Waals surface area (Å²) in [5.41, 5.74) is 1.87. The average Bonchev–Trinajstić information content (AvgIpc) is 3.38. The summed E-state index contributed by atoms with van der Waals surface area (Å²) in [6, 6.07) is 12.5. The highest BCUT2D eigenvalue weighted by Crippen LogP contribution is 2.31. The first-order chi connectivity index (χ1) is 15.9. The maximum absolute atomic E-state index is 13.3. The molecule has 0 radical (unpaired) electrons. The zero-order valence-electron chi connectivity index (χ0n) is 18.0. The van der Waals surface area contributed by atoms with Crippen molar-refractivity contribution in [3.63, 3.8) is 0 Å². The lowest BCUT2D eigenvalue weighted by Gasteiger charge is -2.10. The van der Waals surface area contributed by atoms with Gasteiger partial charge in [0.1, 0.15) is 15.5 Å². The molecule has 1 N–H and O–H groups in total. The van der Waals surface area contributed by atoms with E-state index in [1.165, 1.54) is 37.7 Å². The molecule has 4 rings (SSSR count). The zero-order valence-corrected chi connectivity index (χ0v) is 18.9. The number of rotatable bonds is 7. The third-order valence-corrected chi connectivity index (χ3v) is 5.91. The molecule has 0 spiro atoms. The number of aryl methyl sites for hydroxylation is 1. The highest BCUT2D eigenvalue weighted by molar-refractivity contribution is 7.20. The lowest BCUT2D eigenvalue weighted by atomic mass is 10.2. The summed E-state index contributed by atoms with van der Waals surface area (Å²) in [5.74, 6) is -0.473. The minimum atomic E-state index is -0.622. The number of amides is 1. The Kier molecular flexibility index (Phi) is 6.27. The second-order valence-electron chi connectivity index (χ2n) is 7.00. The van der Waals surface area contributed by atoms with E-state index in [9.17, 15) is 14.0 Å². The Bertz CT molecular complexity index is 1330. The number of methoxy groups -OCH3 is 2. The Hall–Kier alpha value is -3.92. The van der Waals surface area contributed by atoms with Crippen LogP contribution in [0.25, 0.3) is 15.9 Å². The van der Waals surface area contributed by atoms with Gasteiger partial charge in [0.05, 0.1) is 25.6 Å². The number of anilines is 1. The molecule has 0 bridgehead atoms. The number of esters is 1. The third-order valence-electron chi connectivity index (χ3n) is 4.82. The number of hydrogen-bond acceptors (Lipinski definition) is 7. The fraction of sp³-hybridized carbons (Fsp3) is 0.174. The number of benzene rings is 2. The van der Waals surface area contributed by atoms with Crippen LogP contribution in [-0.2, 0) is 9.53 Å². The Balaban J connectivity index is 1.44. The monoisotopic (exact) mass is 469 g/mol. The summed E-state index contributed by atoms with van der Waals surface area (Å²) in [6.45, 7) is 1.37. The van der Waals surface area contributed by atoms with Crippen molar-refractivity contribution in [3.05, 3.63) is 64.9 Å². The molecule has 0 saturated heterocycles. The van der Waals surface area contributed by atoms with E-state index in [-0.39, 0.29) is 5.82 Å². The summed E-state index contributed by atoms with van der Waals surface area (Å²) in [6.07, 6.45) is 0. The number of carbonyl (C=O) groups excluding carboxylic acids is 2. The number of halogens is 1. The van der Waals surface area contributed by atoms with Crippen LogP contribution in [-0.4, -0.2) is 42.5 Å². The molecule has 2 aromatic heterocycles. The van der Waals surface area contributed by atoms with Gasteiger partial charge in [-0.25, -0.2) is 13.9 Å². The van der Waals surface area contributed by atoms with Gasteiger partial charge in [-0.3, -0.25) is 4.79 Å². The standard InChI is InChI=1S/C23H20FN3O5S/c1-13-17-11-20(33-22(17)27(26-13)16-7-4-14(24)5-8-16)23(29)32-12-21(28)25-15-6-9-18(30-2)19(10-15)31-3/h4-11H,12H2,1-3H3,(H,25,28). The van der Waals surface area contributed by atoms with E-state index in [0.29, 0.717) is 27.8 Å². The molecule has 8 nitrogen and oxygen atoms in total. The number of nitrogens with zero attached hydrogens (tertiary/aromatic N) is 2. The lowest BCUT2D eigenvalue weighted by molar-refractivity contribution is -0.119. The Morgan fingerprint density at radius 2 is 1.79 bits per heavy atom. The van der Waals surface area contributed by atoms with E-state index in [4.69, 9.17) is 14.2 Å². The van der Waals surface area contributed by atoms with Crippen LogP contribution in [0.1, 0.15) is 15.4 Å². The van der Waals surface area contributed by atoms with Gasteiger partial charge < -0.3 is 19.5 Å². The summed E-state index contributed by atoms with van der Waals surface area (Å²) in [7, 11) is 3.01. The predicted molar refractivity (Wildman–Crippen MR) is 122 cm³/mol. The van der Waals surface area contributed by atoms with E-state index in [0.717, 1.165) is 15.9 Å². The van der Waals surface area contributed by atoms with Gasteiger partial charge in [-0.05, 0) is 49.4 Å². The van der Waals surface area contributed by atoms with E-state index >= 15 is 0 Å². The maximum Gasteiger partial charge on any atom is 0.348 e. The van der Waals surface area contributed by atoms with Gasteiger partial charge in [0.2, 0.25) is 0 Å². The highest BCUT2D eigenvalue weighted by atomic mass is 32.1. The highest BCUT2D eigenvalue weighted by Gasteiger charge is 2.19. The maximum atomic E-state index is 13.3. The van der Waals surface area contributed by atoms with Crippen molar-refractivity contribution in [2.24, 2.45) is 0 Å². The second kappa shape index (κ2) is 9.29. The van der Waals surface area contributed by atoms with Gasteiger partial charge in [0.25, 0.3) is 5.91 Å². The van der Waals surface area contributed by atoms with Crippen molar-refractivity contribution in [2.75, 3.05) is 26.1 Å². The zero-order chi connectivity index (χ0) is 23.5. The first kappa shape index (κ1) is 22.3. The van der Waals surface area contributed by atoms with Gasteiger partial charge in [-0.2, -0.15) is 5.10 Å². The average molecular weight is 469 g/mol. The molecule has 0 unspecified atom stereocenters. The minimum Gasteiger partial charge on any atom is -0.493 e. The van der Waals surface area contributed by atoms with Crippen LogP contribution in [0.4, 0.5) is 10.1 Å². The van der Waals surface area contributed by atoms with Crippen molar-refractivity contribution in [1.29, 1.82) is 0 Å². The van der Waals surface area contributed by atoms with Crippen molar-refractivity contribution in [3.8, 4) is 17.2 Å². The van der Waals surface area contributed by atoms with Gasteiger partial charge in [0.15, 0.2) is 18.1 Å². The van der Waals surface area contributed by atoms with E-state index in [1.807, 2.05) is 6.92 Å². The van der Waals surface area contributed by atoms with E-state index < -0.39 is 18.5 Å². The molecular weight excluding hydrogens is 449 g/mol. The number of fused-ring (bicyclic) bond motifs is 1. The van der Waals surface area contributed by atoms with Gasteiger partial charge in [-0.1, -0.05) is 0 Å². The number of ether oxygens (including phenoxy) is 3. The predicted octanol–water partition coefficient (Wildman–Crippen LogP) is 4.35. The van der Waals surface area contributed by atoms with Crippen molar-refractivity contribution < 1.29 is 28.2 Å². The van der Waals surface area contributed by atoms with Crippen molar-refractivity contribution in [1.82, 2.24) is 9.78 Å². The number of hydrogen-bond donors (Lipinski definition) is 1. The normalized spacial score (nSPS) is 10.8. The topological polar surface area (TPSA) is 91.7 Å². The Labute approximate surface area is 192 Å². The molecule has 0 aliphatic rings. The molecule has 0 fully saturated rings. The second-order valence-corrected chi connectivity index (χ2v) is 8.03. The number of nitrogens with one attached hydrogen (secondary N) is 1. The van der Waals surface area contributed by atoms with Crippen LogP contribution in [0, 0.1) is 12.7 Å².